The van der Waals surface area contributed by atoms with Crippen molar-refractivity contribution in [2.75, 3.05) is 36.9 Å². The molecule has 0 atom stereocenters. The molecule has 1 aliphatic rings. The summed E-state index contributed by atoms with van der Waals surface area (Å²) in [5.41, 5.74) is 0.919. The zero-order valence-corrected chi connectivity index (χ0v) is 15.9. The number of benzene rings is 2. The van der Waals surface area contributed by atoms with E-state index in [0.29, 0.717) is 11.4 Å². The maximum Gasteiger partial charge on any atom is 0.293 e. The van der Waals surface area contributed by atoms with E-state index >= 15 is 0 Å². The first kappa shape index (κ1) is 20.2. The Balaban J connectivity index is 1.69. The Kier molecular flexibility index (Phi) is 6.06. The third-order valence-electron chi connectivity index (χ3n) is 4.72. The van der Waals surface area contributed by atoms with Crippen molar-refractivity contribution >= 4 is 28.9 Å². The Hall–Kier alpha value is -3.49. The summed E-state index contributed by atoms with van der Waals surface area (Å²) in [6.07, 6.45) is 1.95. The Morgan fingerprint density at radius 3 is 2.45 bits per heavy atom. The first-order valence-corrected chi connectivity index (χ1v) is 9.19. The Morgan fingerprint density at radius 1 is 1.17 bits per heavy atom. The fraction of sp³-hybridized carbons (Fsp3) is 0.300. The zero-order chi connectivity index (χ0) is 21.0. The molecule has 1 fully saturated rings. The van der Waals surface area contributed by atoms with Gasteiger partial charge in [-0.15, -0.1) is 0 Å². The molecule has 2 amide bonds. The van der Waals surface area contributed by atoms with Gasteiger partial charge in [0.05, 0.1) is 11.5 Å². The lowest BCUT2D eigenvalue weighted by Crippen LogP contribution is -2.35. The lowest BCUT2D eigenvalue weighted by molar-refractivity contribution is -0.384. The number of carbonyl (C=O) groups excluding carboxylic acids is 2. The first-order chi connectivity index (χ1) is 13.8. The van der Waals surface area contributed by atoms with Crippen LogP contribution in [0.15, 0.2) is 42.5 Å². The molecule has 9 heteroatoms. The predicted molar refractivity (Wildman–Crippen MR) is 107 cm³/mol. The van der Waals surface area contributed by atoms with Crippen molar-refractivity contribution in [3.05, 3.63) is 64.0 Å². The topological polar surface area (TPSA) is 95.8 Å². The summed E-state index contributed by atoms with van der Waals surface area (Å²) in [5, 5.41) is 14.1. The number of anilines is 2. The summed E-state index contributed by atoms with van der Waals surface area (Å²) in [6.45, 7) is 1.24. The van der Waals surface area contributed by atoms with Crippen LogP contribution in [0, 0.1) is 15.9 Å². The average Bonchev–Trinajstić information content (AvgIpc) is 3.23. The second-order valence-corrected chi connectivity index (χ2v) is 6.87. The van der Waals surface area contributed by atoms with Crippen molar-refractivity contribution in [2.45, 2.75) is 12.8 Å². The van der Waals surface area contributed by atoms with E-state index in [1.807, 2.05) is 4.90 Å². The molecule has 152 valence electrons. The largest absolute Gasteiger partial charge is 0.366 e. The Bertz CT molecular complexity index is 927. The van der Waals surface area contributed by atoms with Gasteiger partial charge >= 0.3 is 0 Å². The van der Waals surface area contributed by atoms with E-state index in [0.717, 1.165) is 25.9 Å². The highest BCUT2D eigenvalue weighted by molar-refractivity contribution is 6.00. The molecule has 0 saturated carbocycles. The monoisotopic (exact) mass is 400 g/mol. The van der Waals surface area contributed by atoms with E-state index in [-0.39, 0.29) is 17.8 Å². The number of hydrogen-bond acceptors (Lipinski definition) is 5. The molecule has 0 spiro atoms. The van der Waals surface area contributed by atoms with Crippen LogP contribution >= 0.6 is 0 Å². The van der Waals surface area contributed by atoms with Crippen LogP contribution in [0.2, 0.25) is 0 Å². The normalized spacial score (nSPS) is 13.2. The maximum absolute atomic E-state index is 12.9. The van der Waals surface area contributed by atoms with E-state index < -0.39 is 22.6 Å². The van der Waals surface area contributed by atoms with Crippen LogP contribution in [0.4, 0.5) is 21.5 Å². The number of amides is 2. The molecule has 2 aromatic rings. The van der Waals surface area contributed by atoms with Crippen LogP contribution in [0.25, 0.3) is 0 Å². The number of likely N-dealkylation sites (N-methyl/N-ethyl adjacent to an activating group) is 1. The predicted octanol–water partition coefficient (Wildman–Crippen LogP) is 3.04. The first-order valence-electron chi connectivity index (χ1n) is 9.19. The van der Waals surface area contributed by atoms with Gasteiger partial charge in [-0.2, -0.15) is 0 Å². The van der Waals surface area contributed by atoms with Gasteiger partial charge < -0.3 is 15.1 Å². The van der Waals surface area contributed by atoms with Gasteiger partial charge in [0.2, 0.25) is 5.91 Å². The molecule has 2 aromatic carbocycles. The molecule has 0 unspecified atom stereocenters. The Morgan fingerprint density at radius 2 is 1.83 bits per heavy atom. The highest BCUT2D eigenvalue weighted by Crippen LogP contribution is 2.31. The second-order valence-electron chi connectivity index (χ2n) is 6.87. The third kappa shape index (κ3) is 4.87. The number of rotatable bonds is 6. The van der Waals surface area contributed by atoms with Crippen molar-refractivity contribution in [1.82, 2.24) is 4.90 Å². The summed E-state index contributed by atoms with van der Waals surface area (Å²) in [6, 6.07) is 9.63. The molecule has 8 nitrogen and oxygen atoms in total. The Labute approximate surface area is 167 Å². The highest BCUT2D eigenvalue weighted by atomic mass is 19.1. The van der Waals surface area contributed by atoms with Crippen LogP contribution in [-0.2, 0) is 4.79 Å². The van der Waals surface area contributed by atoms with Crippen LogP contribution in [0.1, 0.15) is 23.2 Å². The summed E-state index contributed by atoms with van der Waals surface area (Å²) in [4.78, 5) is 38.9. The smallest absolute Gasteiger partial charge is 0.293 e. The number of nitro groups is 1. The fourth-order valence-corrected chi connectivity index (χ4v) is 3.27. The summed E-state index contributed by atoms with van der Waals surface area (Å²) in [7, 11) is 1.44. The molecular weight excluding hydrogens is 379 g/mol. The number of nitrogens with zero attached hydrogens (tertiary/aromatic N) is 3. The molecule has 29 heavy (non-hydrogen) atoms. The van der Waals surface area contributed by atoms with Gasteiger partial charge in [0.25, 0.3) is 11.6 Å². The minimum absolute atomic E-state index is 0.123. The standard InChI is InChI=1S/C20H21FN4O4/c1-23(13-19(26)22-16-7-5-15(21)6-8-16)20(27)14-4-9-17(18(12-14)25(28)29)24-10-2-3-11-24/h4-9,12H,2-3,10-11,13H2,1H3,(H,22,26). The summed E-state index contributed by atoms with van der Waals surface area (Å²) < 4.78 is 12.9. The number of nitrogens with one attached hydrogen (secondary N) is 1. The lowest BCUT2D eigenvalue weighted by atomic mass is 10.1. The van der Waals surface area contributed by atoms with Gasteiger partial charge in [0, 0.05) is 37.5 Å². The van der Waals surface area contributed by atoms with E-state index in [2.05, 4.69) is 5.32 Å². The van der Waals surface area contributed by atoms with Crippen molar-refractivity contribution < 1.29 is 18.9 Å². The van der Waals surface area contributed by atoms with Crippen LogP contribution in [-0.4, -0.2) is 48.3 Å². The second kappa shape index (κ2) is 8.68. The van der Waals surface area contributed by atoms with Crippen molar-refractivity contribution in [3.63, 3.8) is 0 Å². The molecular formula is C20H21FN4O4. The van der Waals surface area contributed by atoms with Gasteiger partial charge in [-0.25, -0.2) is 4.39 Å². The average molecular weight is 400 g/mol. The SMILES string of the molecule is CN(CC(=O)Nc1ccc(F)cc1)C(=O)c1ccc(N2CCCC2)c([N+](=O)[O-])c1. The van der Waals surface area contributed by atoms with E-state index in [1.54, 1.807) is 6.07 Å². The number of halogens is 1. The molecule has 3 rings (SSSR count). The number of hydrogen-bond donors (Lipinski definition) is 1. The molecule has 1 saturated heterocycles. The molecule has 0 radical (unpaired) electrons. The van der Waals surface area contributed by atoms with Crippen LogP contribution < -0.4 is 10.2 Å². The maximum atomic E-state index is 12.9. The van der Waals surface area contributed by atoms with Crippen LogP contribution in [0.3, 0.4) is 0 Å². The fourth-order valence-electron chi connectivity index (χ4n) is 3.27. The molecule has 0 aromatic heterocycles. The van der Waals surface area contributed by atoms with E-state index in [1.165, 1.54) is 48.3 Å². The molecule has 0 aliphatic carbocycles. The van der Waals surface area contributed by atoms with Gasteiger partial charge in [-0.1, -0.05) is 0 Å². The van der Waals surface area contributed by atoms with E-state index in [4.69, 9.17) is 0 Å². The molecule has 1 aliphatic heterocycles. The molecule has 0 bridgehead atoms. The number of carbonyl (C=O) groups is 2. The quantitative estimate of drug-likeness (QED) is 0.594. The van der Waals surface area contributed by atoms with Gasteiger partial charge in [-0.05, 0) is 49.2 Å². The molecule has 1 heterocycles. The van der Waals surface area contributed by atoms with Gasteiger partial charge in [0.1, 0.15) is 11.5 Å². The molecule has 1 N–H and O–H groups in total. The number of nitro benzene ring substituents is 1. The third-order valence-corrected chi connectivity index (χ3v) is 4.72. The van der Waals surface area contributed by atoms with Gasteiger partial charge in [-0.3, -0.25) is 19.7 Å². The highest BCUT2D eigenvalue weighted by Gasteiger charge is 2.25. The van der Waals surface area contributed by atoms with Crippen molar-refractivity contribution in [2.24, 2.45) is 0 Å². The minimum Gasteiger partial charge on any atom is -0.366 e. The van der Waals surface area contributed by atoms with E-state index in [9.17, 15) is 24.1 Å². The zero-order valence-electron chi connectivity index (χ0n) is 15.9. The van der Waals surface area contributed by atoms with Crippen molar-refractivity contribution in [3.8, 4) is 0 Å². The van der Waals surface area contributed by atoms with Crippen LogP contribution in [0.5, 0.6) is 0 Å². The van der Waals surface area contributed by atoms with Gasteiger partial charge in [0.15, 0.2) is 0 Å². The van der Waals surface area contributed by atoms with Crippen molar-refractivity contribution in [1.29, 1.82) is 0 Å². The lowest BCUT2D eigenvalue weighted by Gasteiger charge is -2.20. The summed E-state index contributed by atoms with van der Waals surface area (Å²) >= 11 is 0. The summed E-state index contributed by atoms with van der Waals surface area (Å²) in [5.74, 6) is -1.39. The minimum atomic E-state index is -0.504.